The summed E-state index contributed by atoms with van der Waals surface area (Å²) in [5.41, 5.74) is 0.967. The van der Waals surface area contributed by atoms with E-state index >= 15 is 0 Å². The first-order valence-corrected chi connectivity index (χ1v) is 6.91. The second-order valence-electron chi connectivity index (χ2n) is 4.27. The van der Waals surface area contributed by atoms with E-state index in [1.54, 1.807) is 12.2 Å². The van der Waals surface area contributed by atoms with Crippen molar-refractivity contribution in [2.45, 2.75) is 39.7 Å². The third kappa shape index (κ3) is 12.5. The van der Waals surface area contributed by atoms with Gasteiger partial charge in [0.2, 0.25) is 0 Å². The van der Waals surface area contributed by atoms with E-state index in [1.165, 1.54) is 12.2 Å². The zero-order chi connectivity index (χ0) is 15.9. The molecule has 0 aromatic rings. The Morgan fingerprint density at radius 1 is 1.29 bits per heavy atom. The molecule has 0 spiro atoms. The van der Waals surface area contributed by atoms with E-state index in [-0.39, 0.29) is 12.6 Å². The van der Waals surface area contributed by atoms with Crippen LogP contribution in [-0.4, -0.2) is 23.8 Å². The molecule has 0 unspecified atom stereocenters. The third-order valence-electron chi connectivity index (χ3n) is 2.44. The first kappa shape index (κ1) is 18.8. The molecule has 0 fully saturated rings. The van der Waals surface area contributed by atoms with Gasteiger partial charge in [-0.1, -0.05) is 30.4 Å². The summed E-state index contributed by atoms with van der Waals surface area (Å²) in [6.45, 7) is 5.89. The van der Waals surface area contributed by atoms with Crippen LogP contribution in [0, 0.1) is 23.7 Å². The fourth-order valence-corrected chi connectivity index (χ4v) is 1.12. The molecule has 0 aliphatic carbocycles. The van der Waals surface area contributed by atoms with E-state index in [0.717, 1.165) is 12.0 Å². The molecular weight excluding hydrogens is 264 g/mol. The van der Waals surface area contributed by atoms with Crippen LogP contribution in [0.1, 0.15) is 33.6 Å². The van der Waals surface area contributed by atoms with Crippen molar-refractivity contribution in [2.75, 3.05) is 6.61 Å². The Morgan fingerprint density at radius 3 is 2.57 bits per heavy atom. The van der Waals surface area contributed by atoms with E-state index in [9.17, 15) is 9.90 Å². The number of aliphatic hydroxyl groups excluding tert-OH is 1. The predicted octanol–water partition coefficient (Wildman–Crippen LogP) is 2.78. The highest BCUT2D eigenvalue weighted by Gasteiger charge is 2.02. The lowest BCUT2D eigenvalue weighted by atomic mass is 10.2. The zero-order valence-corrected chi connectivity index (χ0v) is 12.8. The minimum absolute atomic E-state index is 0.173. The monoisotopic (exact) mass is 286 g/mol. The van der Waals surface area contributed by atoms with Crippen LogP contribution in [0.3, 0.4) is 0 Å². The average Bonchev–Trinajstić information content (AvgIpc) is 2.46. The van der Waals surface area contributed by atoms with Crippen molar-refractivity contribution in [1.82, 2.24) is 0 Å². The Bertz CT molecular complexity index is 516. The molecule has 1 atom stereocenters. The largest absolute Gasteiger partial charge is 0.462 e. The molecule has 0 rings (SSSR count). The van der Waals surface area contributed by atoms with Gasteiger partial charge in [0.1, 0.15) is 0 Å². The molecule has 3 nitrogen and oxygen atoms in total. The second kappa shape index (κ2) is 12.8. The molecule has 0 heterocycles. The van der Waals surface area contributed by atoms with Crippen LogP contribution >= 0.6 is 0 Å². The number of carbonyl (C=O) groups is 1. The van der Waals surface area contributed by atoms with Crippen LogP contribution in [-0.2, 0) is 9.53 Å². The number of esters is 1. The Morgan fingerprint density at radius 2 is 1.95 bits per heavy atom. The molecule has 0 aromatic carbocycles. The van der Waals surface area contributed by atoms with Crippen molar-refractivity contribution in [1.29, 1.82) is 0 Å². The molecule has 1 N–H and O–H groups in total. The van der Waals surface area contributed by atoms with E-state index in [4.69, 9.17) is 4.74 Å². The number of carbonyl (C=O) groups excluding carboxylic acids is 1. The van der Waals surface area contributed by atoms with E-state index in [1.807, 2.05) is 26.8 Å². The Balaban J connectivity index is 3.98. The molecule has 21 heavy (non-hydrogen) atoms. The lowest BCUT2D eigenvalue weighted by Crippen LogP contribution is -2.10. The van der Waals surface area contributed by atoms with E-state index < -0.39 is 6.10 Å². The Hall–Kier alpha value is -2.23. The normalized spacial score (nSPS) is 12.5. The standard InChI is InChI=1S/C18H22O3/c1-4-6-7-8-9-10-11-12-17(19)13-14-21-18(20)15-16(3)5-2/h4,6,11-12,15,17,19H,5,13-14H2,1-3H3/b6-4-,12-11+,16-15+/t17-/m0/s1. The van der Waals surface area contributed by atoms with Crippen molar-refractivity contribution < 1.29 is 14.6 Å². The highest BCUT2D eigenvalue weighted by molar-refractivity contribution is 5.82. The smallest absolute Gasteiger partial charge is 0.330 e. The first-order valence-electron chi connectivity index (χ1n) is 6.91. The van der Waals surface area contributed by atoms with Crippen LogP contribution < -0.4 is 0 Å². The fourth-order valence-electron chi connectivity index (χ4n) is 1.12. The molecule has 0 aromatic heterocycles. The van der Waals surface area contributed by atoms with E-state index in [2.05, 4.69) is 23.7 Å². The van der Waals surface area contributed by atoms with Crippen LogP contribution in [0.2, 0.25) is 0 Å². The minimum Gasteiger partial charge on any atom is -0.462 e. The number of ether oxygens (including phenoxy) is 1. The van der Waals surface area contributed by atoms with Crippen molar-refractivity contribution in [3.05, 3.63) is 36.0 Å². The molecule has 0 saturated heterocycles. The van der Waals surface area contributed by atoms with Gasteiger partial charge in [-0.3, -0.25) is 0 Å². The molecule has 3 heteroatoms. The maximum Gasteiger partial charge on any atom is 0.330 e. The highest BCUT2D eigenvalue weighted by Crippen LogP contribution is 2.00. The SMILES string of the molecule is C/C=C\C#CC#C/C=C/[C@H](O)CCOC(=O)/C=C(\C)CC. The molecule has 112 valence electrons. The number of rotatable bonds is 6. The van der Waals surface area contributed by atoms with Crippen molar-refractivity contribution in [2.24, 2.45) is 0 Å². The Labute approximate surface area is 127 Å². The summed E-state index contributed by atoms with van der Waals surface area (Å²) >= 11 is 0. The predicted molar refractivity (Wildman–Crippen MR) is 85.1 cm³/mol. The third-order valence-corrected chi connectivity index (χ3v) is 2.44. The topological polar surface area (TPSA) is 46.5 Å². The van der Waals surface area contributed by atoms with Crippen LogP contribution in [0.5, 0.6) is 0 Å². The summed E-state index contributed by atoms with van der Waals surface area (Å²) < 4.78 is 4.98. The van der Waals surface area contributed by atoms with Crippen molar-refractivity contribution in [3.63, 3.8) is 0 Å². The minimum atomic E-state index is -0.688. The zero-order valence-electron chi connectivity index (χ0n) is 12.8. The van der Waals surface area contributed by atoms with Crippen LogP contribution in [0.4, 0.5) is 0 Å². The molecule has 0 saturated carbocycles. The molecule has 0 bridgehead atoms. The molecule has 0 aliphatic heterocycles. The number of allylic oxidation sites excluding steroid dienone is 4. The number of aliphatic hydroxyl groups is 1. The summed E-state index contributed by atoms with van der Waals surface area (Å²) in [5, 5.41) is 9.62. The van der Waals surface area contributed by atoms with Gasteiger partial charge in [0.15, 0.2) is 0 Å². The maximum atomic E-state index is 11.3. The summed E-state index contributed by atoms with van der Waals surface area (Å²) in [6.07, 6.45) is 8.55. The van der Waals surface area contributed by atoms with Gasteiger partial charge in [-0.05, 0) is 50.3 Å². The van der Waals surface area contributed by atoms with Crippen LogP contribution in [0.25, 0.3) is 0 Å². The molecule has 0 radical (unpaired) electrons. The van der Waals surface area contributed by atoms with Gasteiger partial charge in [-0.2, -0.15) is 0 Å². The van der Waals surface area contributed by atoms with Crippen molar-refractivity contribution in [3.8, 4) is 23.7 Å². The van der Waals surface area contributed by atoms with Gasteiger partial charge in [0, 0.05) is 12.5 Å². The fraction of sp³-hybridized carbons (Fsp3) is 0.389. The second-order valence-corrected chi connectivity index (χ2v) is 4.27. The van der Waals surface area contributed by atoms with Crippen molar-refractivity contribution >= 4 is 5.97 Å². The quantitative estimate of drug-likeness (QED) is 0.464. The van der Waals surface area contributed by atoms with Gasteiger partial charge in [0.25, 0.3) is 0 Å². The van der Waals surface area contributed by atoms with E-state index in [0.29, 0.717) is 6.42 Å². The summed E-state index contributed by atoms with van der Waals surface area (Å²) in [5.74, 6) is 10.3. The number of hydrogen-bond acceptors (Lipinski definition) is 3. The van der Waals surface area contributed by atoms with Gasteiger partial charge in [-0.15, -0.1) is 0 Å². The first-order chi connectivity index (χ1) is 10.1. The van der Waals surface area contributed by atoms with Gasteiger partial charge in [0.05, 0.1) is 12.7 Å². The summed E-state index contributed by atoms with van der Waals surface area (Å²) in [7, 11) is 0. The number of hydrogen-bond donors (Lipinski definition) is 1. The van der Waals surface area contributed by atoms with Gasteiger partial charge >= 0.3 is 5.97 Å². The van der Waals surface area contributed by atoms with Gasteiger partial charge in [-0.25, -0.2) is 4.79 Å². The Kier molecular flexibility index (Phi) is 11.4. The lowest BCUT2D eigenvalue weighted by molar-refractivity contribution is -0.138. The maximum absolute atomic E-state index is 11.3. The summed E-state index contributed by atoms with van der Waals surface area (Å²) in [6, 6.07) is 0. The average molecular weight is 286 g/mol. The molecular formula is C18H22O3. The molecule has 0 aliphatic rings. The van der Waals surface area contributed by atoms with Gasteiger partial charge < -0.3 is 9.84 Å². The summed E-state index contributed by atoms with van der Waals surface area (Å²) in [4.78, 5) is 11.3. The molecule has 0 amide bonds. The van der Waals surface area contributed by atoms with Crippen LogP contribution in [0.15, 0.2) is 36.0 Å². The lowest BCUT2D eigenvalue weighted by Gasteiger charge is -2.05. The highest BCUT2D eigenvalue weighted by atomic mass is 16.5.